The van der Waals surface area contributed by atoms with Gasteiger partial charge in [-0.1, -0.05) is 67.5 Å². The number of piperidine rings is 1. The number of alkyl halides is 1. The second-order valence-corrected chi connectivity index (χ2v) is 15.2. The number of halogens is 1. The Kier molecular flexibility index (Phi) is 16.8. The van der Waals surface area contributed by atoms with Crippen molar-refractivity contribution in [2.75, 3.05) is 38.2 Å². The molecule has 0 spiro atoms. The summed E-state index contributed by atoms with van der Waals surface area (Å²) in [5, 5.41) is 33.9. The van der Waals surface area contributed by atoms with Gasteiger partial charge in [-0.3, -0.25) is 9.59 Å². The van der Waals surface area contributed by atoms with Gasteiger partial charge >= 0.3 is 5.97 Å². The van der Waals surface area contributed by atoms with Crippen molar-refractivity contribution < 1.29 is 39.1 Å². The molecule has 3 aliphatic heterocycles. The molecule has 0 aromatic heterocycles. The fourth-order valence-corrected chi connectivity index (χ4v) is 8.18. The normalized spacial score (nSPS) is 40.9. The number of nitrogens with zero attached hydrogens (tertiary/aromatic N) is 2. The summed E-state index contributed by atoms with van der Waals surface area (Å²) in [6, 6.07) is -0.629. The van der Waals surface area contributed by atoms with Crippen LogP contribution in [0.15, 0.2) is 23.8 Å². The first-order valence-electron chi connectivity index (χ1n) is 17.7. The SMILES string of the molecule is CC[C@H]1OC(=O)C[C@@H](O)[C@H](C)[C@@H](O[C@@H]2O[C@H](C)[C@@H](O)[C@H](N(C)C)[C@H]2O)[C@@H](CCN2CCCCC2)C[C@@H](C)C(=O)/C=C\C(C)=C/[C@@H]1CI. The van der Waals surface area contributed by atoms with Crippen molar-refractivity contribution in [3.63, 3.8) is 0 Å². The third kappa shape index (κ3) is 11.6. The van der Waals surface area contributed by atoms with Gasteiger partial charge in [0.05, 0.1) is 36.9 Å². The maximum atomic E-state index is 13.5. The fourth-order valence-electron chi connectivity index (χ4n) is 7.36. The lowest BCUT2D eigenvalue weighted by atomic mass is 9.79. The van der Waals surface area contributed by atoms with Crippen LogP contribution in [0.25, 0.3) is 0 Å². The molecule has 3 aliphatic rings. The molecule has 270 valence electrons. The summed E-state index contributed by atoms with van der Waals surface area (Å²) in [5.41, 5.74) is 0.931. The highest BCUT2D eigenvalue weighted by atomic mass is 127. The number of aliphatic hydroxyl groups excluding tert-OH is 3. The number of likely N-dealkylation sites (N-methyl/N-ethyl adjacent to an activating group) is 1. The van der Waals surface area contributed by atoms with E-state index in [1.807, 2.05) is 33.8 Å². The highest BCUT2D eigenvalue weighted by molar-refractivity contribution is 14.1. The molecule has 0 aromatic carbocycles. The van der Waals surface area contributed by atoms with Gasteiger partial charge in [0.2, 0.25) is 0 Å². The van der Waals surface area contributed by atoms with Crippen LogP contribution in [-0.2, 0) is 23.8 Å². The Balaban J connectivity index is 2.02. The fraction of sp³-hybridized carbons (Fsp3) is 0.833. The highest BCUT2D eigenvalue weighted by Crippen LogP contribution is 2.35. The van der Waals surface area contributed by atoms with Crippen molar-refractivity contribution in [3.05, 3.63) is 23.8 Å². The van der Waals surface area contributed by atoms with Gasteiger partial charge < -0.3 is 39.3 Å². The van der Waals surface area contributed by atoms with E-state index in [0.717, 1.165) is 42.5 Å². The van der Waals surface area contributed by atoms with Crippen molar-refractivity contribution >= 4 is 34.3 Å². The van der Waals surface area contributed by atoms with E-state index in [1.54, 1.807) is 32.0 Å². The molecule has 0 saturated carbocycles. The molecular weight excluding hydrogens is 715 g/mol. The number of carbonyl (C=O) groups is 2. The lowest BCUT2D eigenvalue weighted by Crippen LogP contribution is -2.63. The number of hydrogen-bond donors (Lipinski definition) is 3. The number of aliphatic hydroxyl groups is 3. The molecular formula is C36H61IN2O8. The Bertz CT molecular complexity index is 1050. The quantitative estimate of drug-likeness (QED) is 0.188. The lowest BCUT2D eigenvalue weighted by Gasteiger charge is -2.47. The van der Waals surface area contributed by atoms with Gasteiger partial charge in [-0.15, -0.1) is 0 Å². The Morgan fingerprint density at radius 2 is 1.72 bits per heavy atom. The largest absolute Gasteiger partial charge is 0.462 e. The number of hydrogen-bond acceptors (Lipinski definition) is 10. The minimum atomic E-state index is -1.17. The van der Waals surface area contributed by atoms with Crippen molar-refractivity contribution in [3.8, 4) is 0 Å². The standard InChI is InChI=1S/C36H61IN2O8/c1-8-30-27(21-37)18-22(2)12-13-28(40)23(3)19-26(14-17-39-15-10-9-11-16-39)35(24(4)29(41)20-31(42)46-30)47-36-34(44)32(38(6)7)33(43)25(5)45-36/h12-13,18,23-27,29-30,32-36,41,43-44H,8-11,14-17,19-21H2,1-7H3/b13-12-,22-18-/t23-,24+,25-,26+,27-,29-,30-,32+,33-,34-,35-,36+/m1/s1. The average molecular weight is 777 g/mol. The van der Waals surface area contributed by atoms with Crippen LogP contribution in [0.3, 0.4) is 0 Å². The number of ketones is 1. The monoisotopic (exact) mass is 776 g/mol. The van der Waals surface area contributed by atoms with E-state index in [4.69, 9.17) is 14.2 Å². The summed E-state index contributed by atoms with van der Waals surface area (Å²) in [4.78, 5) is 31.0. The summed E-state index contributed by atoms with van der Waals surface area (Å²) < 4.78 is 19.5. The molecule has 3 N–H and O–H groups in total. The number of carbonyl (C=O) groups excluding carboxylic acids is 2. The molecule has 2 saturated heterocycles. The molecule has 0 radical (unpaired) electrons. The number of rotatable bonds is 8. The molecule has 0 aromatic rings. The zero-order chi connectivity index (χ0) is 34.8. The molecule has 10 nitrogen and oxygen atoms in total. The summed E-state index contributed by atoms with van der Waals surface area (Å²) in [6.07, 6.45) is 4.81. The van der Waals surface area contributed by atoms with E-state index in [9.17, 15) is 24.9 Å². The first-order valence-corrected chi connectivity index (χ1v) is 19.2. The van der Waals surface area contributed by atoms with Crippen LogP contribution in [0, 0.1) is 23.7 Å². The Morgan fingerprint density at radius 3 is 2.34 bits per heavy atom. The summed E-state index contributed by atoms with van der Waals surface area (Å²) in [7, 11) is 3.59. The van der Waals surface area contributed by atoms with Crippen LogP contribution in [-0.4, -0.2) is 124 Å². The molecule has 0 aliphatic carbocycles. The zero-order valence-corrected chi connectivity index (χ0v) is 31.8. The van der Waals surface area contributed by atoms with Crippen molar-refractivity contribution in [1.82, 2.24) is 9.80 Å². The second-order valence-electron chi connectivity index (χ2n) is 14.4. The van der Waals surface area contributed by atoms with Crippen LogP contribution in [0.5, 0.6) is 0 Å². The van der Waals surface area contributed by atoms with E-state index in [-0.39, 0.29) is 36.1 Å². The van der Waals surface area contributed by atoms with E-state index in [1.165, 1.54) is 6.42 Å². The van der Waals surface area contributed by atoms with Crippen LogP contribution >= 0.6 is 22.6 Å². The van der Waals surface area contributed by atoms with Crippen LogP contribution in [0.1, 0.15) is 79.6 Å². The Morgan fingerprint density at radius 1 is 1.04 bits per heavy atom. The number of cyclic esters (lactones) is 1. The predicted octanol–water partition coefficient (Wildman–Crippen LogP) is 4.13. The summed E-state index contributed by atoms with van der Waals surface area (Å²) in [5.74, 6) is -1.57. The van der Waals surface area contributed by atoms with Gasteiger partial charge in [0.25, 0.3) is 0 Å². The van der Waals surface area contributed by atoms with Crippen molar-refractivity contribution in [2.24, 2.45) is 23.7 Å². The molecule has 0 amide bonds. The predicted molar refractivity (Wildman–Crippen MR) is 191 cm³/mol. The number of likely N-dealkylation sites (tertiary alicyclic amines) is 1. The van der Waals surface area contributed by atoms with Crippen LogP contribution in [0.2, 0.25) is 0 Å². The highest BCUT2D eigenvalue weighted by Gasteiger charge is 2.47. The van der Waals surface area contributed by atoms with Gasteiger partial charge in [-0.05, 0) is 91.7 Å². The molecule has 3 heterocycles. The molecule has 11 heteroatoms. The maximum absolute atomic E-state index is 13.5. The molecule has 0 bridgehead atoms. The molecule has 0 unspecified atom stereocenters. The molecule has 12 atom stereocenters. The van der Waals surface area contributed by atoms with Crippen LogP contribution < -0.4 is 0 Å². The van der Waals surface area contributed by atoms with E-state index in [2.05, 4.69) is 33.6 Å². The van der Waals surface area contributed by atoms with E-state index >= 15 is 0 Å². The Labute approximate surface area is 296 Å². The van der Waals surface area contributed by atoms with Gasteiger partial charge in [-0.2, -0.15) is 0 Å². The lowest BCUT2D eigenvalue weighted by molar-refractivity contribution is -0.304. The van der Waals surface area contributed by atoms with Gasteiger partial charge in [0.1, 0.15) is 12.2 Å². The second kappa shape index (κ2) is 19.5. The summed E-state index contributed by atoms with van der Waals surface area (Å²) >= 11 is 2.29. The zero-order valence-electron chi connectivity index (χ0n) is 29.6. The smallest absolute Gasteiger partial charge is 0.308 e. The topological polar surface area (TPSA) is 129 Å². The van der Waals surface area contributed by atoms with Crippen molar-refractivity contribution in [1.29, 1.82) is 0 Å². The van der Waals surface area contributed by atoms with E-state index < -0.39 is 54.7 Å². The first kappa shape index (κ1) is 40.5. The number of ether oxygens (including phenoxy) is 3. The minimum Gasteiger partial charge on any atom is -0.462 e. The molecule has 47 heavy (non-hydrogen) atoms. The van der Waals surface area contributed by atoms with Gasteiger partial charge in [-0.25, -0.2) is 0 Å². The van der Waals surface area contributed by atoms with E-state index in [0.29, 0.717) is 19.3 Å². The van der Waals surface area contributed by atoms with Gasteiger partial charge in [0.15, 0.2) is 12.1 Å². The van der Waals surface area contributed by atoms with Crippen LogP contribution in [0.4, 0.5) is 0 Å². The molecule has 2 fully saturated rings. The average Bonchev–Trinajstić information content (AvgIpc) is 3.04. The first-order chi connectivity index (χ1) is 22.3. The minimum absolute atomic E-state index is 0.0163. The van der Waals surface area contributed by atoms with Crippen molar-refractivity contribution in [2.45, 2.75) is 129 Å². The number of allylic oxidation sites excluding steroid dienone is 3. The third-order valence-electron chi connectivity index (χ3n) is 10.4. The molecule has 3 rings (SSSR count). The third-order valence-corrected chi connectivity index (χ3v) is 11.4. The Hall–Kier alpha value is -0.930. The van der Waals surface area contributed by atoms with Gasteiger partial charge in [0, 0.05) is 22.2 Å². The summed E-state index contributed by atoms with van der Waals surface area (Å²) in [6.45, 7) is 12.3. The maximum Gasteiger partial charge on any atom is 0.308 e. The number of esters is 1.